The number of nitriles is 1. The molecule has 0 aliphatic heterocycles. The minimum Gasteiger partial charge on any atom is -0.258 e. The van der Waals surface area contributed by atoms with Crippen molar-refractivity contribution < 1.29 is 13.7 Å². The number of hydrogen-bond acceptors (Lipinski definition) is 4. The van der Waals surface area contributed by atoms with E-state index in [0.29, 0.717) is 0 Å². The number of rotatable bonds is 3. The number of hydrogen-bond donors (Lipinski definition) is 0. The first-order chi connectivity index (χ1) is 7.47. The standard InChI is InChI=1S/C8H4ClF2N3O2/c9-7-4(1-2-12)3-5(14(15)16)6(13-7)8(10)11/h3,8H,1H2. The molecular formula is C8H4ClF2N3O2. The van der Waals surface area contributed by atoms with Crippen LogP contribution in [0.3, 0.4) is 0 Å². The zero-order valence-electron chi connectivity index (χ0n) is 7.65. The van der Waals surface area contributed by atoms with Gasteiger partial charge in [0.2, 0.25) is 0 Å². The van der Waals surface area contributed by atoms with E-state index in [1.807, 2.05) is 0 Å². The predicted molar refractivity (Wildman–Crippen MR) is 50.2 cm³/mol. The Morgan fingerprint density at radius 2 is 2.31 bits per heavy atom. The molecule has 84 valence electrons. The lowest BCUT2D eigenvalue weighted by Crippen LogP contribution is -2.02. The van der Waals surface area contributed by atoms with Gasteiger partial charge in [0.25, 0.3) is 12.1 Å². The van der Waals surface area contributed by atoms with Crippen LogP contribution < -0.4 is 0 Å². The first-order valence-electron chi connectivity index (χ1n) is 3.96. The van der Waals surface area contributed by atoms with Gasteiger partial charge in [0.1, 0.15) is 5.15 Å². The van der Waals surface area contributed by atoms with E-state index >= 15 is 0 Å². The summed E-state index contributed by atoms with van der Waals surface area (Å²) in [6.45, 7) is 0. The molecule has 8 heteroatoms. The molecule has 0 saturated carbocycles. The van der Waals surface area contributed by atoms with Gasteiger partial charge in [-0.15, -0.1) is 0 Å². The van der Waals surface area contributed by atoms with Gasteiger partial charge >= 0.3 is 0 Å². The second-order valence-corrected chi connectivity index (χ2v) is 3.09. The smallest absolute Gasteiger partial charge is 0.258 e. The van der Waals surface area contributed by atoms with Crippen LogP contribution in [0.25, 0.3) is 0 Å². The summed E-state index contributed by atoms with van der Waals surface area (Å²) < 4.78 is 24.8. The first-order valence-corrected chi connectivity index (χ1v) is 4.34. The van der Waals surface area contributed by atoms with Gasteiger partial charge in [0, 0.05) is 11.6 Å². The van der Waals surface area contributed by atoms with E-state index in [1.165, 1.54) is 0 Å². The fourth-order valence-electron chi connectivity index (χ4n) is 1.05. The Bertz CT molecular complexity index is 473. The van der Waals surface area contributed by atoms with Gasteiger partial charge in [0.05, 0.1) is 17.4 Å². The van der Waals surface area contributed by atoms with E-state index in [9.17, 15) is 18.9 Å². The van der Waals surface area contributed by atoms with Crippen LogP contribution in [0, 0.1) is 21.4 Å². The molecule has 0 spiro atoms. The highest BCUT2D eigenvalue weighted by Crippen LogP contribution is 2.30. The van der Waals surface area contributed by atoms with Crippen molar-refractivity contribution in [1.29, 1.82) is 5.26 Å². The van der Waals surface area contributed by atoms with Crippen LogP contribution in [0.4, 0.5) is 14.5 Å². The van der Waals surface area contributed by atoms with Crippen LogP contribution in [0.1, 0.15) is 17.7 Å². The van der Waals surface area contributed by atoms with Gasteiger partial charge in [0.15, 0.2) is 5.69 Å². The van der Waals surface area contributed by atoms with Crippen molar-refractivity contribution in [3.8, 4) is 6.07 Å². The molecule has 1 aromatic heterocycles. The molecule has 0 radical (unpaired) electrons. The van der Waals surface area contributed by atoms with Crippen LogP contribution in [-0.2, 0) is 6.42 Å². The van der Waals surface area contributed by atoms with Gasteiger partial charge in [-0.25, -0.2) is 13.8 Å². The average molecular weight is 248 g/mol. The van der Waals surface area contributed by atoms with Crippen molar-refractivity contribution >= 4 is 17.3 Å². The highest BCUT2D eigenvalue weighted by molar-refractivity contribution is 6.30. The van der Waals surface area contributed by atoms with Crippen LogP contribution in [0.2, 0.25) is 5.15 Å². The maximum absolute atomic E-state index is 12.4. The largest absolute Gasteiger partial charge is 0.297 e. The topological polar surface area (TPSA) is 79.8 Å². The van der Waals surface area contributed by atoms with Crippen molar-refractivity contribution in [2.75, 3.05) is 0 Å². The molecule has 1 heterocycles. The Morgan fingerprint density at radius 3 is 2.75 bits per heavy atom. The van der Waals surface area contributed by atoms with Gasteiger partial charge < -0.3 is 0 Å². The van der Waals surface area contributed by atoms with E-state index in [1.54, 1.807) is 6.07 Å². The van der Waals surface area contributed by atoms with E-state index in [2.05, 4.69) is 4.98 Å². The van der Waals surface area contributed by atoms with E-state index < -0.39 is 22.7 Å². The lowest BCUT2D eigenvalue weighted by Gasteiger charge is -2.04. The molecule has 0 aliphatic carbocycles. The van der Waals surface area contributed by atoms with E-state index in [0.717, 1.165) is 6.07 Å². The molecule has 1 rings (SSSR count). The second-order valence-electron chi connectivity index (χ2n) is 2.74. The Kier molecular flexibility index (Phi) is 3.68. The third-order valence-electron chi connectivity index (χ3n) is 1.73. The summed E-state index contributed by atoms with van der Waals surface area (Å²) in [5.41, 5.74) is -1.76. The second kappa shape index (κ2) is 4.81. The highest BCUT2D eigenvalue weighted by atomic mass is 35.5. The number of nitrogens with zero attached hydrogens (tertiary/aromatic N) is 3. The van der Waals surface area contributed by atoms with Crippen molar-refractivity contribution in [3.05, 3.63) is 32.6 Å². The number of nitro groups is 1. The van der Waals surface area contributed by atoms with Gasteiger partial charge in [-0.1, -0.05) is 11.6 Å². The molecule has 1 aromatic rings. The normalized spacial score (nSPS) is 10.2. The summed E-state index contributed by atoms with van der Waals surface area (Å²) in [5.74, 6) is 0. The molecule has 0 atom stereocenters. The molecular weight excluding hydrogens is 244 g/mol. The minimum absolute atomic E-state index is 0.0558. The molecule has 16 heavy (non-hydrogen) atoms. The number of pyridine rings is 1. The van der Waals surface area contributed by atoms with Crippen LogP contribution in [-0.4, -0.2) is 9.91 Å². The fourth-order valence-corrected chi connectivity index (χ4v) is 1.26. The predicted octanol–water partition coefficient (Wildman–Crippen LogP) is 2.65. The molecule has 0 amide bonds. The van der Waals surface area contributed by atoms with Crippen LogP contribution >= 0.6 is 11.6 Å². The van der Waals surface area contributed by atoms with Crippen LogP contribution in [0.15, 0.2) is 6.07 Å². The van der Waals surface area contributed by atoms with Crippen molar-refractivity contribution in [3.63, 3.8) is 0 Å². The summed E-state index contributed by atoms with van der Waals surface area (Å²) in [6.07, 6.45) is -3.31. The molecule has 0 fully saturated rings. The monoisotopic (exact) mass is 247 g/mol. The molecule has 0 bridgehead atoms. The van der Waals surface area contributed by atoms with Crippen molar-refractivity contribution in [2.24, 2.45) is 0 Å². The minimum atomic E-state index is -3.09. The van der Waals surface area contributed by atoms with Crippen molar-refractivity contribution in [1.82, 2.24) is 4.98 Å². The third-order valence-corrected chi connectivity index (χ3v) is 2.06. The lowest BCUT2D eigenvalue weighted by molar-refractivity contribution is -0.386. The molecule has 0 aliphatic rings. The number of alkyl halides is 2. The number of halogens is 3. The quantitative estimate of drug-likeness (QED) is 0.467. The highest BCUT2D eigenvalue weighted by Gasteiger charge is 2.25. The number of aromatic nitrogens is 1. The van der Waals surface area contributed by atoms with Gasteiger partial charge in [-0.05, 0) is 0 Å². The summed E-state index contributed by atoms with van der Waals surface area (Å²) >= 11 is 5.51. The Balaban J connectivity index is 3.38. The maximum Gasteiger partial charge on any atom is 0.297 e. The molecule has 0 saturated heterocycles. The van der Waals surface area contributed by atoms with E-state index in [4.69, 9.17) is 16.9 Å². The fraction of sp³-hybridized carbons (Fsp3) is 0.250. The van der Waals surface area contributed by atoms with Gasteiger partial charge in [-0.3, -0.25) is 10.1 Å². The Hall–Kier alpha value is -1.81. The molecule has 0 N–H and O–H groups in total. The Morgan fingerprint density at radius 1 is 1.69 bits per heavy atom. The van der Waals surface area contributed by atoms with Gasteiger partial charge in [-0.2, -0.15) is 5.26 Å². The summed E-state index contributed by atoms with van der Waals surface area (Å²) in [7, 11) is 0. The zero-order chi connectivity index (χ0) is 12.3. The molecule has 5 nitrogen and oxygen atoms in total. The molecule has 0 unspecified atom stereocenters. The lowest BCUT2D eigenvalue weighted by atomic mass is 10.2. The maximum atomic E-state index is 12.4. The van der Waals surface area contributed by atoms with Crippen LogP contribution in [0.5, 0.6) is 0 Å². The SMILES string of the molecule is N#CCc1cc([N+](=O)[O-])c(C(F)F)nc1Cl. The first kappa shape index (κ1) is 12.3. The van der Waals surface area contributed by atoms with E-state index in [-0.39, 0.29) is 17.1 Å². The molecule has 0 aromatic carbocycles. The van der Waals surface area contributed by atoms with Crippen molar-refractivity contribution in [2.45, 2.75) is 12.8 Å². The summed E-state index contributed by atoms with van der Waals surface area (Å²) in [5, 5.41) is 18.6. The zero-order valence-corrected chi connectivity index (χ0v) is 8.41. The third kappa shape index (κ3) is 2.41. The summed E-state index contributed by atoms with van der Waals surface area (Å²) in [4.78, 5) is 12.8. The summed E-state index contributed by atoms with van der Waals surface area (Å²) in [6, 6.07) is 2.55. The average Bonchev–Trinajstić information content (AvgIpc) is 2.20. The Labute approximate surface area is 93.4 Å².